The fourth-order valence-corrected chi connectivity index (χ4v) is 4.89. The third-order valence-corrected chi connectivity index (χ3v) is 6.71. The van der Waals surface area contributed by atoms with Crippen molar-refractivity contribution in [1.29, 1.82) is 0 Å². The average Bonchev–Trinajstić information content (AvgIpc) is 3.07. The largest absolute Gasteiger partial charge is 4.00 e. The van der Waals surface area contributed by atoms with Crippen LogP contribution in [0.15, 0.2) is 36.4 Å². The van der Waals surface area contributed by atoms with E-state index in [-0.39, 0.29) is 51.0 Å². The van der Waals surface area contributed by atoms with Gasteiger partial charge >= 0.3 is 26.2 Å². The SMILES string of the molecule is Cc1cc2cc3[c-](c2cc1C)CC[c-]1c(cc2cc(C)c(C)cc21)CC3.[Cl-].[Cl-].[Zr+4]. The van der Waals surface area contributed by atoms with Gasteiger partial charge in [0, 0.05) is 0 Å². The van der Waals surface area contributed by atoms with Crippen molar-refractivity contribution in [3.63, 3.8) is 0 Å². The van der Waals surface area contributed by atoms with Gasteiger partial charge in [-0.05, 0) is 40.5 Å². The van der Waals surface area contributed by atoms with E-state index in [1.54, 1.807) is 22.3 Å². The summed E-state index contributed by atoms with van der Waals surface area (Å²) in [5.74, 6) is 0. The third-order valence-electron chi connectivity index (χ3n) is 6.71. The Kier molecular flexibility index (Phi) is 7.65. The van der Waals surface area contributed by atoms with Crippen molar-refractivity contribution in [3.8, 4) is 0 Å². The predicted molar refractivity (Wildman–Crippen MR) is 113 cm³/mol. The summed E-state index contributed by atoms with van der Waals surface area (Å²) in [6, 6.07) is 14.5. The number of halogens is 2. The van der Waals surface area contributed by atoms with Gasteiger partial charge < -0.3 is 24.8 Å². The van der Waals surface area contributed by atoms with Crippen molar-refractivity contribution in [1.82, 2.24) is 0 Å². The minimum atomic E-state index is 0. The molecule has 4 aromatic carbocycles. The molecule has 0 spiro atoms. The van der Waals surface area contributed by atoms with E-state index in [1.165, 1.54) is 69.5 Å². The molecule has 29 heavy (non-hydrogen) atoms. The first-order valence-corrected chi connectivity index (χ1v) is 9.88. The van der Waals surface area contributed by atoms with Crippen LogP contribution in [0.5, 0.6) is 0 Å². The number of hydrogen-bond donors (Lipinski definition) is 0. The smallest absolute Gasteiger partial charge is 1.00 e. The van der Waals surface area contributed by atoms with E-state index in [2.05, 4.69) is 64.1 Å². The Balaban J connectivity index is 0.000001000. The molecular formula is C26H26Cl2Zr. The monoisotopic (exact) mass is 498 g/mol. The summed E-state index contributed by atoms with van der Waals surface area (Å²) < 4.78 is 0. The van der Waals surface area contributed by atoms with E-state index in [0.29, 0.717) is 0 Å². The molecule has 5 rings (SSSR count). The standard InChI is InChI=1S/C26H26.2ClH.Zr/c1-15-9-21-13-19-5-6-20-14-22-10-16(2)18(4)12-26(22)24(20)8-7-23(19)25(21)11-17(15)3;;;/h9-14H,5-8H2,1-4H3;2*1H;/q-2;;;+4/p-2. The molecule has 0 saturated carbocycles. The number of fused-ring (bicyclic) bond motifs is 6. The maximum absolute atomic E-state index is 2.46. The Morgan fingerprint density at radius 3 is 1.28 bits per heavy atom. The zero-order valence-corrected chi connectivity index (χ0v) is 21.5. The topological polar surface area (TPSA) is 0 Å². The van der Waals surface area contributed by atoms with Crippen molar-refractivity contribution in [2.75, 3.05) is 0 Å². The van der Waals surface area contributed by atoms with Crippen LogP contribution in [0.25, 0.3) is 21.5 Å². The maximum atomic E-state index is 2.46. The first-order valence-electron chi connectivity index (χ1n) is 9.88. The number of aryl methyl sites for hydroxylation is 8. The number of rotatable bonds is 0. The van der Waals surface area contributed by atoms with Crippen molar-refractivity contribution >= 4 is 21.5 Å². The molecule has 0 radical (unpaired) electrons. The molecular weight excluding hydrogens is 474 g/mol. The second kappa shape index (κ2) is 9.09. The average molecular weight is 501 g/mol. The molecule has 0 heterocycles. The van der Waals surface area contributed by atoms with Crippen LogP contribution in [0, 0.1) is 27.7 Å². The first-order chi connectivity index (χ1) is 12.5. The van der Waals surface area contributed by atoms with Gasteiger partial charge in [0.1, 0.15) is 0 Å². The van der Waals surface area contributed by atoms with Gasteiger partial charge in [0.05, 0.1) is 0 Å². The Morgan fingerprint density at radius 1 is 0.552 bits per heavy atom. The Hall–Kier alpha value is -0.877. The maximum Gasteiger partial charge on any atom is 4.00 e. The summed E-state index contributed by atoms with van der Waals surface area (Å²) in [5.41, 5.74) is 12.0. The molecule has 148 valence electrons. The molecule has 4 aromatic rings. The van der Waals surface area contributed by atoms with Crippen LogP contribution in [-0.2, 0) is 51.9 Å². The van der Waals surface area contributed by atoms with Gasteiger partial charge in [0.2, 0.25) is 0 Å². The molecule has 0 aliphatic heterocycles. The fourth-order valence-electron chi connectivity index (χ4n) is 4.89. The predicted octanol–water partition coefficient (Wildman–Crippen LogP) is 0.554. The van der Waals surface area contributed by atoms with Crippen LogP contribution in [0.1, 0.15) is 44.5 Å². The van der Waals surface area contributed by atoms with Crippen LogP contribution >= 0.6 is 0 Å². The van der Waals surface area contributed by atoms with Crippen molar-refractivity contribution in [3.05, 3.63) is 80.9 Å². The summed E-state index contributed by atoms with van der Waals surface area (Å²) in [4.78, 5) is 0. The van der Waals surface area contributed by atoms with Crippen molar-refractivity contribution < 1.29 is 51.0 Å². The summed E-state index contributed by atoms with van der Waals surface area (Å²) in [5, 5.41) is 5.87. The van der Waals surface area contributed by atoms with Crippen LogP contribution in [0.4, 0.5) is 0 Å². The molecule has 0 aromatic heterocycles. The van der Waals surface area contributed by atoms with Gasteiger partial charge in [0.25, 0.3) is 0 Å². The van der Waals surface area contributed by atoms with E-state index < -0.39 is 0 Å². The molecule has 0 fully saturated rings. The molecule has 0 atom stereocenters. The molecule has 0 unspecified atom stereocenters. The summed E-state index contributed by atoms with van der Waals surface area (Å²) in [6.45, 7) is 8.94. The van der Waals surface area contributed by atoms with E-state index in [1.807, 2.05) is 0 Å². The zero-order valence-electron chi connectivity index (χ0n) is 17.5. The second-order valence-electron chi connectivity index (χ2n) is 8.34. The van der Waals surface area contributed by atoms with Crippen LogP contribution in [0.3, 0.4) is 0 Å². The van der Waals surface area contributed by atoms with Gasteiger partial charge in [0.15, 0.2) is 0 Å². The Morgan fingerprint density at radius 2 is 0.897 bits per heavy atom. The molecule has 0 amide bonds. The molecule has 0 bridgehead atoms. The molecule has 1 aliphatic rings. The fraction of sp³-hybridized carbons (Fsp3) is 0.308. The van der Waals surface area contributed by atoms with Crippen molar-refractivity contribution in [2.45, 2.75) is 53.4 Å². The first kappa shape index (κ1) is 24.4. The van der Waals surface area contributed by atoms with Crippen molar-refractivity contribution in [2.24, 2.45) is 0 Å². The van der Waals surface area contributed by atoms with Gasteiger partial charge in [-0.2, -0.15) is 12.1 Å². The quantitative estimate of drug-likeness (QED) is 0.310. The van der Waals surface area contributed by atoms with Gasteiger partial charge in [-0.1, -0.05) is 35.1 Å². The minimum Gasteiger partial charge on any atom is -1.00 e. The zero-order chi connectivity index (χ0) is 18.0. The molecule has 3 heteroatoms. The van der Waals surface area contributed by atoms with Gasteiger partial charge in [-0.15, -0.1) is 68.1 Å². The minimum absolute atomic E-state index is 0. The van der Waals surface area contributed by atoms with E-state index in [4.69, 9.17) is 0 Å². The summed E-state index contributed by atoms with van der Waals surface area (Å²) in [6.07, 6.45) is 4.67. The van der Waals surface area contributed by atoms with Crippen LogP contribution < -0.4 is 24.8 Å². The molecule has 0 saturated heterocycles. The van der Waals surface area contributed by atoms with Crippen LogP contribution in [-0.4, -0.2) is 0 Å². The molecule has 1 aliphatic carbocycles. The third kappa shape index (κ3) is 4.04. The van der Waals surface area contributed by atoms with E-state index in [9.17, 15) is 0 Å². The number of hydrogen-bond acceptors (Lipinski definition) is 0. The van der Waals surface area contributed by atoms with Gasteiger partial charge in [-0.3, -0.25) is 0 Å². The van der Waals surface area contributed by atoms with Crippen LogP contribution in [0.2, 0.25) is 0 Å². The molecule has 0 nitrogen and oxygen atoms in total. The van der Waals surface area contributed by atoms with E-state index >= 15 is 0 Å². The molecule has 0 N–H and O–H groups in total. The Bertz CT molecular complexity index is 1080. The summed E-state index contributed by atoms with van der Waals surface area (Å²) in [7, 11) is 0. The van der Waals surface area contributed by atoms with E-state index in [0.717, 1.165) is 0 Å². The second-order valence-corrected chi connectivity index (χ2v) is 8.34. The number of benzene rings is 2. The van der Waals surface area contributed by atoms with Gasteiger partial charge in [-0.25, -0.2) is 0 Å². The Labute approximate surface area is 205 Å². The normalized spacial score (nSPS) is 12.8. The summed E-state index contributed by atoms with van der Waals surface area (Å²) >= 11 is 0.